The molecule has 1 unspecified atom stereocenters. The maximum Gasteiger partial charge on any atom is 0.108 e. The quantitative estimate of drug-likeness (QED) is 0.761. The molecular weight excluding hydrogens is 248 g/mol. The van der Waals surface area contributed by atoms with E-state index in [1.54, 1.807) is 6.20 Å². The number of aromatic nitrogens is 2. The molecule has 0 radical (unpaired) electrons. The largest absolute Gasteiger partial charge is 0.384 e. The average molecular weight is 264 g/mol. The highest BCUT2D eigenvalue weighted by atomic mass is 16.3. The highest BCUT2D eigenvalue weighted by Gasteiger charge is 2.18. The van der Waals surface area contributed by atoms with Crippen molar-refractivity contribution in [3.05, 3.63) is 77.5 Å². The maximum absolute atomic E-state index is 10.6. The summed E-state index contributed by atoms with van der Waals surface area (Å²) in [7, 11) is 0. The van der Waals surface area contributed by atoms with Gasteiger partial charge in [0.25, 0.3) is 0 Å². The van der Waals surface area contributed by atoms with Crippen molar-refractivity contribution in [3.63, 3.8) is 0 Å². The van der Waals surface area contributed by atoms with E-state index in [0.29, 0.717) is 0 Å². The summed E-state index contributed by atoms with van der Waals surface area (Å²) in [6.07, 6.45) is 1.02. The summed E-state index contributed by atoms with van der Waals surface area (Å²) in [5.41, 5.74) is 4.66. The van der Waals surface area contributed by atoms with E-state index >= 15 is 0 Å². The van der Waals surface area contributed by atoms with Gasteiger partial charge >= 0.3 is 0 Å². The summed E-state index contributed by atoms with van der Waals surface area (Å²) in [6, 6.07) is 17.8. The van der Waals surface area contributed by atoms with Crippen LogP contribution in [0.5, 0.6) is 0 Å². The number of benzene rings is 2. The van der Waals surface area contributed by atoms with Crippen molar-refractivity contribution in [1.29, 1.82) is 0 Å². The molecular formula is C17H16N2O. The Kier molecular flexibility index (Phi) is 3.35. The molecule has 0 spiro atoms. The van der Waals surface area contributed by atoms with Crippen LogP contribution in [-0.2, 0) is 0 Å². The van der Waals surface area contributed by atoms with Gasteiger partial charge < -0.3 is 5.11 Å². The molecule has 0 saturated heterocycles. The van der Waals surface area contributed by atoms with Gasteiger partial charge in [0.1, 0.15) is 6.10 Å². The minimum absolute atomic E-state index is 0.676. The van der Waals surface area contributed by atoms with Crippen LogP contribution in [0.3, 0.4) is 0 Å². The Morgan fingerprint density at radius 2 is 1.65 bits per heavy atom. The van der Waals surface area contributed by atoms with Gasteiger partial charge in [-0.1, -0.05) is 54.6 Å². The SMILES string of the molecule is Cc1ccccc1C(O)c1cn[nH]c1-c1ccccc1. The maximum atomic E-state index is 10.6. The number of aliphatic hydroxyl groups is 1. The Morgan fingerprint density at radius 3 is 2.40 bits per heavy atom. The molecule has 3 nitrogen and oxygen atoms in total. The third-order valence-corrected chi connectivity index (χ3v) is 3.51. The van der Waals surface area contributed by atoms with Gasteiger partial charge in [-0.05, 0) is 23.6 Å². The molecule has 1 heterocycles. The third-order valence-electron chi connectivity index (χ3n) is 3.51. The zero-order valence-corrected chi connectivity index (χ0v) is 11.2. The van der Waals surface area contributed by atoms with Crippen LogP contribution in [0.4, 0.5) is 0 Å². The highest BCUT2D eigenvalue weighted by molar-refractivity contribution is 5.64. The fraction of sp³-hybridized carbons (Fsp3) is 0.118. The first-order chi connectivity index (χ1) is 9.77. The lowest BCUT2D eigenvalue weighted by atomic mass is 9.96. The molecule has 0 amide bonds. The Morgan fingerprint density at radius 1 is 0.950 bits per heavy atom. The van der Waals surface area contributed by atoms with Crippen molar-refractivity contribution in [1.82, 2.24) is 10.2 Å². The fourth-order valence-corrected chi connectivity index (χ4v) is 2.40. The van der Waals surface area contributed by atoms with E-state index in [-0.39, 0.29) is 0 Å². The summed E-state index contributed by atoms with van der Waals surface area (Å²) in [6.45, 7) is 2.00. The molecule has 2 N–H and O–H groups in total. The smallest absolute Gasteiger partial charge is 0.108 e. The van der Waals surface area contributed by atoms with E-state index in [0.717, 1.165) is 27.9 Å². The topological polar surface area (TPSA) is 48.9 Å². The van der Waals surface area contributed by atoms with E-state index in [2.05, 4.69) is 10.2 Å². The number of hydrogen-bond donors (Lipinski definition) is 2. The number of aryl methyl sites for hydroxylation is 1. The Balaban J connectivity index is 2.04. The summed E-state index contributed by atoms with van der Waals surface area (Å²) >= 11 is 0. The average Bonchev–Trinajstić information content (AvgIpc) is 2.97. The van der Waals surface area contributed by atoms with Crippen LogP contribution in [0.1, 0.15) is 22.8 Å². The number of nitrogens with zero attached hydrogens (tertiary/aromatic N) is 1. The number of aliphatic hydroxyl groups excluding tert-OH is 1. The van der Waals surface area contributed by atoms with E-state index in [9.17, 15) is 5.11 Å². The van der Waals surface area contributed by atoms with Crippen LogP contribution in [0, 0.1) is 6.92 Å². The summed E-state index contributed by atoms with van der Waals surface area (Å²) < 4.78 is 0. The van der Waals surface area contributed by atoms with Gasteiger partial charge in [0.2, 0.25) is 0 Å². The second-order valence-electron chi connectivity index (χ2n) is 4.83. The molecule has 100 valence electrons. The standard InChI is InChI=1S/C17H16N2O/c1-12-7-5-6-10-14(12)17(20)15-11-18-19-16(15)13-8-3-2-4-9-13/h2-11,17,20H,1H3,(H,18,19). The van der Waals surface area contributed by atoms with Crippen molar-refractivity contribution in [2.75, 3.05) is 0 Å². The summed E-state index contributed by atoms with van der Waals surface area (Å²) in [5.74, 6) is 0. The number of rotatable bonds is 3. The number of hydrogen-bond acceptors (Lipinski definition) is 2. The molecule has 3 heteroatoms. The normalized spacial score (nSPS) is 12.3. The fourth-order valence-electron chi connectivity index (χ4n) is 2.40. The van der Waals surface area contributed by atoms with Crippen LogP contribution < -0.4 is 0 Å². The van der Waals surface area contributed by atoms with Crippen molar-refractivity contribution >= 4 is 0 Å². The molecule has 3 aromatic rings. The minimum Gasteiger partial charge on any atom is -0.384 e. The lowest BCUT2D eigenvalue weighted by molar-refractivity contribution is 0.220. The highest BCUT2D eigenvalue weighted by Crippen LogP contribution is 2.31. The van der Waals surface area contributed by atoms with Gasteiger partial charge in [0.05, 0.1) is 11.9 Å². The lowest BCUT2D eigenvalue weighted by Crippen LogP contribution is -2.02. The Labute approximate surface area is 117 Å². The van der Waals surface area contributed by atoms with E-state index in [1.165, 1.54) is 0 Å². The predicted octanol–water partition coefficient (Wildman–Crippen LogP) is 3.47. The summed E-state index contributed by atoms with van der Waals surface area (Å²) in [4.78, 5) is 0. The molecule has 0 aliphatic carbocycles. The molecule has 0 fully saturated rings. The number of aromatic amines is 1. The first-order valence-corrected chi connectivity index (χ1v) is 6.59. The zero-order chi connectivity index (χ0) is 13.9. The minimum atomic E-state index is -0.676. The van der Waals surface area contributed by atoms with Crippen LogP contribution in [0.15, 0.2) is 60.8 Å². The van der Waals surface area contributed by atoms with Gasteiger partial charge in [0.15, 0.2) is 0 Å². The third kappa shape index (κ3) is 2.24. The van der Waals surface area contributed by atoms with Crippen molar-refractivity contribution in [2.45, 2.75) is 13.0 Å². The van der Waals surface area contributed by atoms with Crippen molar-refractivity contribution < 1.29 is 5.11 Å². The van der Waals surface area contributed by atoms with Gasteiger partial charge in [-0.15, -0.1) is 0 Å². The second kappa shape index (κ2) is 5.31. The Bertz CT molecular complexity index is 704. The van der Waals surface area contributed by atoms with Gasteiger partial charge in [-0.3, -0.25) is 5.10 Å². The van der Waals surface area contributed by atoms with Crippen molar-refractivity contribution in [3.8, 4) is 11.3 Å². The molecule has 0 saturated carbocycles. The van der Waals surface area contributed by atoms with Gasteiger partial charge in [0, 0.05) is 5.56 Å². The monoisotopic (exact) mass is 264 g/mol. The first kappa shape index (κ1) is 12.6. The molecule has 1 aromatic heterocycles. The van der Waals surface area contributed by atoms with Gasteiger partial charge in [-0.2, -0.15) is 5.10 Å². The molecule has 0 bridgehead atoms. The van der Waals surface area contributed by atoms with Crippen LogP contribution in [0.2, 0.25) is 0 Å². The molecule has 1 atom stereocenters. The van der Waals surface area contributed by atoms with E-state index in [1.807, 2.05) is 61.5 Å². The van der Waals surface area contributed by atoms with Crippen molar-refractivity contribution in [2.24, 2.45) is 0 Å². The Hall–Kier alpha value is -2.39. The molecule has 20 heavy (non-hydrogen) atoms. The number of nitrogens with one attached hydrogen (secondary N) is 1. The van der Waals surface area contributed by atoms with Crippen LogP contribution in [0.25, 0.3) is 11.3 Å². The molecule has 0 aliphatic heterocycles. The van der Waals surface area contributed by atoms with E-state index in [4.69, 9.17) is 0 Å². The number of H-pyrrole nitrogens is 1. The van der Waals surface area contributed by atoms with Crippen LogP contribution >= 0.6 is 0 Å². The summed E-state index contributed by atoms with van der Waals surface area (Å²) in [5, 5.41) is 17.7. The lowest BCUT2D eigenvalue weighted by Gasteiger charge is -2.14. The molecule has 2 aromatic carbocycles. The molecule has 0 aliphatic rings. The van der Waals surface area contributed by atoms with E-state index < -0.39 is 6.10 Å². The van der Waals surface area contributed by atoms with Crippen LogP contribution in [-0.4, -0.2) is 15.3 Å². The molecule has 3 rings (SSSR count). The zero-order valence-electron chi connectivity index (χ0n) is 11.2. The second-order valence-corrected chi connectivity index (χ2v) is 4.83. The van der Waals surface area contributed by atoms with Gasteiger partial charge in [-0.25, -0.2) is 0 Å². The first-order valence-electron chi connectivity index (χ1n) is 6.59. The predicted molar refractivity (Wildman–Crippen MR) is 79.3 cm³/mol.